The number of hydrogen-bond donors (Lipinski definition) is 1. The summed E-state index contributed by atoms with van der Waals surface area (Å²) >= 11 is 7.36. The number of carbonyl (C=O) groups is 1. The molecule has 0 saturated carbocycles. The van der Waals surface area contributed by atoms with Crippen LogP contribution in [0.15, 0.2) is 23.1 Å². The minimum absolute atomic E-state index is 0.0578. The lowest BCUT2D eigenvalue weighted by atomic mass is 10.1. The molecule has 0 bridgehead atoms. The summed E-state index contributed by atoms with van der Waals surface area (Å²) in [5.41, 5.74) is 5.50. The quantitative estimate of drug-likeness (QED) is 0.845. The van der Waals surface area contributed by atoms with Crippen LogP contribution < -0.4 is 10.5 Å². The predicted molar refractivity (Wildman–Crippen MR) is 81.7 cm³/mol. The molecule has 1 aliphatic heterocycles. The standard InChI is InChI=1S/C14H10ClFN2O3S/c1-20-14(19)13-9(15)11(17)10(16)12(18-13)6-2-3-7-8(4-6)22-5-21-7/h2-4H,5H2,1H3,(H2,17,18). The first kappa shape index (κ1) is 14.9. The van der Waals surface area contributed by atoms with Crippen LogP contribution in [0, 0.1) is 5.82 Å². The Morgan fingerprint density at radius 1 is 1.55 bits per heavy atom. The molecule has 0 fully saturated rings. The van der Waals surface area contributed by atoms with Crippen LogP contribution in [0.4, 0.5) is 10.1 Å². The highest BCUT2D eigenvalue weighted by molar-refractivity contribution is 7.99. The Morgan fingerprint density at radius 2 is 2.32 bits per heavy atom. The summed E-state index contributed by atoms with van der Waals surface area (Å²) in [6, 6.07) is 5.09. The zero-order chi connectivity index (χ0) is 15.9. The lowest BCUT2D eigenvalue weighted by Crippen LogP contribution is -2.10. The van der Waals surface area contributed by atoms with Crippen LogP contribution >= 0.6 is 23.4 Å². The predicted octanol–water partition coefficient (Wildman–Crippen LogP) is 3.35. The molecule has 3 rings (SSSR count). The Bertz CT molecular complexity index is 785. The first-order valence-electron chi connectivity index (χ1n) is 6.15. The molecule has 0 saturated heterocycles. The lowest BCUT2D eigenvalue weighted by Gasteiger charge is -2.11. The molecule has 22 heavy (non-hydrogen) atoms. The Labute approximate surface area is 134 Å². The van der Waals surface area contributed by atoms with E-state index in [0.29, 0.717) is 11.5 Å². The maximum atomic E-state index is 14.4. The molecule has 0 radical (unpaired) electrons. The summed E-state index contributed by atoms with van der Waals surface area (Å²) in [5, 5.41) is -0.257. The number of pyridine rings is 1. The van der Waals surface area contributed by atoms with E-state index in [1.54, 1.807) is 18.2 Å². The first-order valence-corrected chi connectivity index (χ1v) is 7.52. The number of benzene rings is 1. The summed E-state index contributed by atoms with van der Waals surface area (Å²) in [7, 11) is 1.18. The molecule has 2 aromatic rings. The number of fused-ring (bicyclic) bond motifs is 1. The van der Waals surface area contributed by atoms with Gasteiger partial charge in [-0.15, -0.1) is 0 Å². The van der Waals surface area contributed by atoms with Gasteiger partial charge in [-0.1, -0.05) is 23.4 Å². The van der Waals surface area contributed by atoms with Gasteiger partial charge in [0.2, 0.25) is 0 Å². The Morgan fingerprint density at radius 3 is 3.05 bits per heavy atom. The Hall–Kier alpha value is -1.99. The number of ether oxygens (including phenoxy) is 2. The van der Waals surface area contributed by atoms with Crippen molar-refractivity contribution in [2.24, 2.45) is 0 Å². The van der Waals surface area contributed by atoms with Crippen molar-refractivity contribution in [3.05, 3.63) is 34.7 Å². The van der Waals surface area contributed by atoms with Gasteiger partial charge in [0.05, 0.1) is 22.7 Å². The van der Waals surface area contributed by atoms with Gasteiger partial charge in [0, 0.05) is 5.56 Å². The third kappa shape index (κ3) is 2.36. The van der Waals surface area contributed by atoms with E-state index in [2.05, 4.69) is 9.72 Å². The van der Waals surface area contributed by atoms with Gasteiger partial charge in [0.15, 0.2) is 11.5 Å². The van der Waals surface area contributed by atoms with Gasteiger partial charge < -0.3 is 15.2 Å². The van der Waals surface area contributed by atoms with Gasteiger partial charge in [0.1, 0.15) is 17.4 Å². The number of aromatic nitrogens is 1. The number of carbonyl (C=O) groups excluding carboxylic acids is 1. The van der Waals surface area contributed by atoms with Gasteiger partial charge in [-0.3, -0.25) is 0 Å². The summed E-state index contributed by atoms with van der Waals surface area (Å²) < 4.78 is 24.3. The molecule has 1 aromatic carbocycles. The van der Waals surface area contributed by atoms with E-state index in [0.717, 1.165) is 10.6 Å². The molecule has 1 aromatic heterocycles. The number of esters is 1. The molecule has 0 spiro atoms. The molecule has 2 N–H and O–H groups in total. The molecule has 1 aliphatic rings. The summed E-state index contributed by atoms with van der Waals surface area (Å²) in [6.07, 6.45) is 0. The van der Waals surface area contributed by atoms with Crippen molar-refractivity contribution in [3.8, 4) is 17.0 Å². The van der Waals surface area contributed by atoms with Crippen LogP contribution in [-0.2, 0) is 4.74 Å². The lowest BCUT2D eigenvalue weighted by molar-refractivity contribution is 0.0594. The number of nitrogens with two attached hydrogens (primary N) is 1. The number of nitrogens with zero attached hydrogens (tertiary/aromatic N) is 1. The third-order valence-electron chi connectivity index (χ3n) is 3.14. The molecule has 5 nitrogen and oxygen atoms in total. The van der Waals surface area contributed by atoms with E-state index >= 15 is 0 Å². The van der Waals surface area contributed by atoms with Crippen LogP contribution in [0.2, 0.25) is 5.02 Å². The topological polar surface area (TPSA) is 74.4 Å². The van der Waals surface area contributed by atoms with Crippen LogP contribution in [0.25, 0.3) is 11.3 Å². The minimum atomic E-state index is -0.781. The normalized spacial score (nSPS) is 12.7. The van der Waals surface area contributed by atoms with E-state index in [9.17, 15) is 9.18 Å². The van der Waals surface area contributed by atoms with E-state index < -0.39 is 11.8 Å². The Balaban J connectivity index is 2.18. The van der Waals surface area contributed by atoms with Gasteiger partial charge >= 0.3 is 5.97 Å². The van der Waals surface area contributed by atoms with Crippen molar-refractivity contribution in [2.75, 3.05) is 18.8 Å². The fraction of sp³-hybridized carbons (Fsp3) is 0.143. The second kappa shape index (κ2) is 5.66. The second-order valence-electron chi connectivity index (χ2n) is 4.41. The minimum Gasteiger partial charge on any atom is -0.481 e. The van der Waals surface area contributed by atoms with Gasteiger partial charge in [-0.25, -0.2) is 14.2 Å². The molecule has 0 unspecified atom stereocenters. The van der Waals surface area contributed by atoms with E-state index in [4.69, 9.17) is 22.1 Å². The maximum absolute atomic E-state index is 14.4. The Kier molecular flexibility index (Phi) is 3.84. The van der Waals surface area contributed by atoms with Crippen LogP contribution in [0.5, 0.6) is 5.75 Å². The van der Waals surface area contributed by atoms with Crippen LogP contribution in [-0.4, -0.2) is 24.0 Å². The number of anilines is 1. The fourth-order valence-corrected chi connectivity index (χ4v) is 3.02. The molecule has 0 amide bonds. The molecule has 0 atom stereocenters. The SMILES string of the molecule is COC(=O)c1nc(-c2ccc3c(c2)SCO3)c(F)c(N)c1Cl. The monoisotopic (exact) mass is 340 g/mol. The number of halogens is 2. The largest absolute Gasteiger partial charge is 0.481 e. The highest BCUT2D eigenvalue weighted by Gasteiger charge is 2.24. The van der Waals surface area contributed by atoms with Crippen molar-refractivity contribution in [3.63, 3.8) is 0 Å². The van der Waals surface area contributed by atoms with E-state index in [1.165, 1.54) is 18.9 Å². The summed E-state index contributed by atoms with van der Waals surface area (Å²) in [5.74, 6) is -0.326. The number of hydrogen-bond acceptors (Lipinski definition) is 6. The average molecular weight is 341 g/mol. The summed E-state index contributed by atoms with van der Waals surface area (Å²) in [6.45, 7) is 0. The average Bonchev–Trinajstić information content (AvgIpc) is 2.99. The highest BCUT2D eigenvalue weighted by Crippen LogP contribution is 2.40. The van der Waals surface area contributed by atoms with Crippen molar-refractivity contribution in [1.29, 1.82) is 0 Å². The maximum Gasteiger partial charge on any atom is 0.358 e. The molecule has 2 heterocycles. The first-order chi connectivity index (χ1) is 10.5. The molecule has 8 heteroatoms. The van der Waals surface area contributed by atoms with Crippen molar-refractivity contribution >= 4 is 35.0 Å². The van der Waals surface area contributed by atoms with E-state index in [-0.39, 0.29) is 22.1 Å². The van der Waals surface area contributed by atoms with E-state index in [1.807, 2.05) is 0 Å². The highest BCUT2D eigenvalue weighted by atomic mass is 35.5. The molecule has 0 aliphatic carbocycles. The number of methoxy groups -OCH3 is 1. The zero-order valence-corrected chi connectivity index (χ0v) is 12.9. The van der Waals surface area contributed by atoms with Crippen LogP contribution in [0.1, 0.15) is 10.5 Å². The van der Waals surface area contributed by atoms with Crippen LogP contribution in [0.3, 0.4) is 0 Å². The number of rotatable bonds is 2. The van der Waals surface area contributed by atoms with Crippen molar-refractivity contribution in [2.45, 2.75) is 4.90 Å². The smallest absolute Gasteiger partial charge is 0.358 e. The van der Waals surface area contributed by atoms with Gasteiger partial charge in [-0.05, 0) is 18.2 Å². The third-order valence-corrected chi connectivity index (χ3v) is 4.39. The zero-order valence-electron chi connectivity index (χ0n) is 11.4. The molecular weight excluding hydrogens is 331 g/mol. The van der Waals surface area contributed by atoms with Gasteiger partial charge in [-0.2, -0.15) is 0 Å². The van der Waals surface area contributed by atoms with Crippen molar-refractivity contribution < 1.29 is 18.7 Å². The van der Waals surface area contributed by atoms with Crippen molar-refractivity contribution in [1.82, 2.24) is 4.98 Å². The number of thioether (sulfide) groups is 1. The van der Waals surface area contributed by atoms with Gasteiger partial charge in [0.25, 0.3) is 0 Å². The fourth-order valence-electron chi connectivity index (χ4n) is 2.03. The molecular formula is C14H10ClFN2O3S. The molecule has 114 valence electrons. The summed E-state index contributed by atoms with van der Waals surface area (Å²) in [4.78, 5) is 16.6. The number of nitrogen functional groups attached to an aromatic ring is 1. The second-order valence-corrected chi connectivity index (χ2v) is 5.75.